The molecule has 1 rings (SSSR count). The van der Waals surface area contributed by atoms with Crippen LogP contribution >= 0.6 is 0 Å². The van der Waals surface area contributed by atoms with Gasteiger partial charge in [-0.15, -0.1) is 0 Å². The molecule has 1 atom stereocenters. The summed E-state index contributed by atoms with van der Waals surface area (Å²) in [6, 6.07) is 6.99. The van der Waals surface area contributed by atoms with Crippen molar-refractivity contribution in [2.45, 2.75) is 32.4 Å². The number of hydrogen-bond acceptors (Lipinski definition) is 1. The van der Waals surface area contributed by atoms with Crippen LogP contribution in [-0.4, -0.2) is 16.7 Å². The zero-order valence-electron chi connectivity index (χ0n) is 9.12. The van der Waals surface area contributed by atoms with Gasteiger partial charge >= 0.3 is 5.97 Å². The number of alkyl halides is 1. The molecule has 15 heavy (non-hydrogen) atoms. The van der Waals surface area contributed by atoms with Gasteiger partial charge in [-0.2, -0.15) is 0 Å². The van der Waals surface area contributed by atoms with Crippen molar-refractivity contribution in [1.29, 1.82) is 0 Å². The van der Waals surface area contributed by atoms with E-state index in [2.05, 4.69) is 0 Å². The van der Waals surface area contributed by atoms with E-state index in [0.29, 0.717) is 5.56 Å². The van der Waals surface area contributed by atoms with Crippen LogP contribution in [0.5, 0.6) is 0 Å². The topological polar surface area (TPSA) is 37.3 Å². The minimum absolute atomic E-state index is 0.539. The number of benzene rings is 1. The lowest BCUT2D eigenvalue weighted by atomic mass is 9.84. The van der Waals surface area contributed by atoms with E-state index >= 15 is 0 Å². The molecule has 3 heteroatoms. The minimum atomic E-state index is -1.77. The van der Waals surface area contributed by atoms with Crippen LogP contribution in [0.1, 0.15) is 30.9 Å². The van der Waals surface area contributed by atoms with Gasteiger partial charge in [-0.25, -0.2) is 4.39 Å². The summed E-state index contributed by atoms with van der Waals surface area (Å²) in [6.07, 6.45) is 0. The van der Waals surface area contributed by atoms with Crippen LogP contribution < -0.4 is 0 Å². The summed E-state index contributed by atoms with van der Waals surface area (Å²) >= 11 is 0. The Hall–Kier alpha value is -1.38. The molecular weight excluding hydrogens is 195 g/mol. The number of carboxylic acids is 1. The lowest BCUT2D eigenvalue weighted by molar-refractivity contribution is -0.142. The molecule has 1 aromatic carbocycles. The van der Waals surface area contributed by atoms with Gasteiger partial charge in [0.25, 0.3) is 0 Å². The molecule has 0 saturated carbocycles. The third kappa shape index (κ3) is 2.55. The molecule has 0 spiro atoms. The van der Waals surface area contributed by atoms with E-state index in [1.807, 2.05) is 6.07 Å². The Kier molecular flexibility index (Phi) is 3.12. The third-order valence-electron chi connectivity index (χ3n) is 2.43. The second-order valence-electron chi connectivity index (χ2n) is 4.19. The van der Waals surface area contributed by atoms with Gasteiger partial charge in [-0.05, 0) is 31.9 Å². The molecule has 0 saturated heterocycles. The molecule has 0 aliphatic rings. The van der Waals surface area contributed by atoms with Gasteiger partial charge in [0.15, 0.2) is 0 Å². The van der Waals surface area contributed by atoms with Crippen molar-refractivity contribution < 1.29 is 14.3 Å². The number of carbonyl (C=O) groups is 1. The van der Waals surface area contributed by atoms with Crippen molar-refractivity contribution in [1.82, 2.24) is 0 Å². The maximum atomic E-state index is 13.8. The van der Waals surface area contributed by atoms with E-state index in [1.54, 1.807) is 25.1 Å². The highest BCUT2D eigenvalue weighted by atomic mass is 19.1. The number of aliphatic carboxylic acids is 1. The number of rotatable bonds is 3. The van der Waals surface area contributed by atoms with Gasteiger partial charge in [0.1, 0.15) is 11.6 Å². The summed E-state index contributed by atoms with van der Waals surface area (Å²) in [5.41, 5.74) is -0.425. The molecule has 0 radical (unpaired) electrons. The van der Waals surface area contributed by atoms with Gasteiger partial charge in [0, 0.05) is 0 Å². The monoisotopic (exact) mass is 210 g/mol. The summed E-state index contributed by atoms with van der Waals surface area (Å²) in [5, 5.41) is 9.05. The first kappa shape index (κ1) is 11.7. The van der Waals surface area contributed by atoms with E-state index in [-0.39, 0.29) is 0 Å². The van der Waals surface area contributed by atoms with E-state index < -0.39 is 17.6 Å². The molecule has 0 fully saturated rings. The van der Waals surface area contributed by atoms with Crippen LogP contribution in [0.3, 0.4) is 0 Å². The number of halogens is 1. The standard InChI is InChI=1S/C12H15FO2/c1-8-6-4-5-7-9(8)10(11(14)15)12(2,3)13/h4-7,10H,1-3H3,(H,14,15). The Morgan fingerprint density at radius 1 is 1.40 bits per heavy atom. The summed E-state index contributed by atoms with van der Waals surface area (Å²) in [5.74, 6) is -2.24. The van der Waals surface area contributed by atoms with E-state index in [1.165, 1.54) is 13.8 Å². The van der Waals surface area contributed by atoms with Crippen LogP contribution in [0.4, 0.5) is 4.39 Å². The van der Waals surface area contributed by atoms with Gasteiger partial charge in [-0.1, -0.05) is 24.3 Å². The molecule has 0 aliphatic heterocycles. The smallest absolute Gasteiger partial charge is 0.314 e. The number of carboxylic acid groups (broad SMARTS) is 1. The van der Waals surface area contributed by atoms with Crippen LogP contribution in [-0.2, 0) is 4.79 Å². The van der Waals surface area contributed by atoms with Gasteiger partial charge in [-0.3, -0.25) is 4.79 Å². The maximum absolute atomic E-state index is 13.8. The fraction of sp³-hybridized carbons (Fsp3) is 0.417. The van der Waals surface area contributed by atoms with E-state index in [9.17, 15) is 9.18 Å². The summed E-state index contributed by atoms with van der Waals surface area (Å²) in [4.78, 5) is 11.1. The number of aryl methyl sites for hydroxylation is 1. The highest BCUT2D eigenvalue weighted by Gasteiger charge is 2.37. The van der Waals surface area contributed by atoms with Crippen LogP contribution in [0, 0.1) is 6.92 Å². The molecular formula is C12H15FO2. The molecule has 0 heterocycles. The minimum Gasteiger partial charge on any atom is -0.481 e. The quantitative estimate of drug-likeness (QED) is 0.832. The molecule has 1 unspecified atom stereocenters. The zero-order chi connectivity index (χ0) is 11.6. The Labute approximate surface area is 88.7 Å². The first-order chi connectivity index (χ1) is 6.84. The second-order valence-corrected chi connectivity index (χ2v) is 4.19. The largest absolute Gasteiger partial charge is 0.481 e. The maximum Gasteiger partial charge on any atom is 0.314 e. The van der Waals surface area contributed by atoms with Gasteiger partial charge in [0.05, 0.1) is 0 Å². The van der Waals surface area contributed by atoms with E-state index in [0.717, 1.165) is 5.56 Å². The van der Waals surface area contributed by atoms with Crippen molar-refractivity contribution in [3.8, 4) is 0 Å². The van der Waals surface area contributed by atoms with Crippen LogP contribution in [0.2, 0.25) is 0 Å². The lowest BCUT2D eigenvalue weighted by Gasteiger charge is -2.24. The summed E-state index contributed by atoms with van der Waals surface area (Å²) < 4.78 is 13.8. The molecule has 1 aromatic rings. The molecule has 82 valence electrons. The first-order valence-electron chi connectivity index (χ1n) is 4.81. The van der Waals surface area contributed by atoms with Crippen molar-refractivity contribution in [3.05, 3.63) is 35.4 Å². The zero-order valence-corrected chi connectivity index (χ0v) is 9.12. The third-order valence-corrected chi connectivity index (χ3v) is 2.43. The average Bonchev–Trinajstić information content (AvgIpc) is 2.05. The SMILES string of the molecule is Cc1ccccc1C(C(=O)O)C(C)(C)F. The number of hydrogen-bond donors (Lipinski definition) is 1. The molecule has 0 aromatic heterocycles. The van der Waals surface area contributed by atoms with Crippen molar-refractivity contribution >= 4 is 5.97 Å². The Balaban J connectivity index is 3.23. The highest BCUT2D eigenvalue weighted by Crippen LogP contribution is 2.33. The molecule has 0 amide bonds. The Morgan fingerprint density at radius 3 is 2.33 bits per heavy atom. The predicted molar refractivity (Wildman–Crippen MR) is 56.7 cm³/mol. The van der Waals surface area contributed by atoms with Gasteiger partial charge in [0.2, 0.25) is 0 Å². The van der Waals surface area contributed by atoms with Gasteiger partial charge < -0.3 is 5.11 Å². The molecule has 1 N–H and O–H groups in total. The van der Waals surface area contributed by atoms with Crippen molar-refractivity contribution in [2.24, 2.45) is 0 Å². The summed E-state index contributed by atoms with van der Waals surface area (Å²) in [7, 11) is 0. The molecule has 0 aliphatic carbocycles. The van der Waals surface area contributed by atoms with Crippen molar-refractivity contribution in [2.75, 3.05) is 0 Å². The molecule has 2 nitrogen and oxygen atoms in total. The fourth-order valence-electron chi connectivity index (χ4n) is 1.71. The highest BCUT2D eigenvalue weighted by molar-refractivity contribution is 5.78. The fourth-order valence-corrected chi connectivity index (χ4v) is 1.71. The predicted octanol–water partition coefficient (Wildman–Crippen LogP) is 2.91. The lowest BCUT2D eigenvalue weighted by Crippen LogP contribution is -2.31. The normalized spacial score (nSPS) is 13.6. The Bertz CT molecular complexity index is 366. The van der Waals surface area contributed by atoms with E-state index in [4.69, 9.17) is 5.11 Å². The average molecular weight is 210 g/mol. The second kappa shape index (κ2) is 4.01. The summed E-state index contributed by atoms with van der Waals surface area (Å²) in [6.45, 7) is 4.37. The Morgan fingerprint density at radius 2 is 1.93 bits per heavy atom. The first-order valence-corrected chi connectivity index (χ1v) is 4.81. The van der Waals surface area contributed by atoms with Crippen molar-refractivity contribution in [3.63, 3.8) is 0 Å². The molecule has 0 bridgehead atoms. The van der Waals surface area contributed by atoms with Crippen LogP contribution in [0.25, 0.3) is 0 Å². The van der Waals surface area contributed by atoms with Crippen LogP contribution in [0.15, 0.2) is 24.3 Å².